The molecule has 0 aliphatic carbocycles. The van der Waals surface area contributed by atoms with E-state index in [9.17, 15) is 24.3 Å². The number of aliphatic hydroxyl groups excluding tert-OH is 1. The zero-order valence-electron chi connectivity index (χ0n) is 23.3. The van der Waals surface area contributed by atoms with E-state index in [0.29, 0.717) is 0 Å². The Hall–Kier alpha value is -5.32. The van der Waals surface area contributed by atoms with Gasteiger partial charge in [-0.1, -0.05) is 72.8 Å². The number of aliphatic hydroxyl groups is 1. The molecule has 4 aromatic carbocycles. The molecule has 0 radical (unpaired) electrons. The predicted molar refractivity (Wildman–Crippen MR) is 155 cm³/mol. The molecule has 0 aromatic heterocycles. The molecule has 44 heavy (non-hydrogen) atoms. The summed E-state index contributed by atoms with van der Waals surface area (Å²) in [6.45, 7) is -0.504. The van der Waals surface area contributed by atoms with Crippen LogP contribution in [-0.4, -0.2) is 66.3 Å². The van der Waals surface area contributed by atoms with Gasteiger partial charge in [0.05, 0.1) is 22.3 Å². The van der Waals surface area contributed by atoms with Crippen LogP contribution in [0, 0.1) is 0 Å². The molecule has 4 aromatic rings. The van der Waals surface area contributed by atoms with Crippen molar-refractivity contribution in [2.24, 2.45) is 0 Å². The summed E-state index contributed by atoms with van der Waals surface area (Å²) in [6, 6.07) is 32.1. The lowest BCUT2D eigenvalue weighted by molar-refractivity contribution is -0.284. The van der Waals surface area contributed by atoms with Gasteiger partial charge in [-0.25, -0.2) is 19.2 Å². The highest BCUT2D eigenvalue weighted by molar-refractivity contribution is 5.91. The molecular formula is C34H28O10. The fraction of sp³-hybridized carbons (Fsp3) is 0.176. The van der Waals surface area contributed by atoms with Gasteiger partial charge in [-0.2, -0.15) is 0 Å². The lowest BCUT2D eigenvalue weighted by Crippen LogP contribution is -2.62. The number of benzene rings is 4. The standard InChI is InChI=1S/C34H28O10/c35-30(22-13-5-1-6-14-22)40-21-26-27(42-31(36)23-15-7-2-8-16-23)28(43-32(37)24-17-9-3-10-18-24)29(34(39)41-26)44-33(38)25-19-11-4-12-20-25/h1-20,26-29,34,39H,21H2/t26-,27-,28+,29+,34?/m0/s1. The van der Waals surface area contributed by atoms with E-state index >= 15 is 0 Å². The van der Waals surface area contributed by atoms with Crippen LogP contribution < -0.4 is 0 Å². The third-order valence-electron chi connectivity index (χ3n) is 6.76. The van der Waals surface area contributed by atoms with Crippen molar-refractivity contribution in [3.05, 3.63) is 144 Å². The van der Waals surface area contributed by atoms with E-state index in [1.54, 1.807) is 84.9 Å². The molecule has 10 heteroatoms. The van der Waals surface area contributed by atoms with Crippen molar-refractivity contribution in [3.8, 4) is 0 Å². The molecule has 10 nitrogen and oxygen atoms in total. The Morgan fingerprint density at radius 1 is 0.500 bits per heavy atom. The van der Waals surface area contributed by atoms with Gasteiger partial charge in [0.2, 0.25) is 0 Å². The molecule has 1 N–H and O–H groups in total. The van der Waals surface area contributed by atoms with Crippen molar-refractivity contribution in [1.82, 2.24) is 0 Å². The van der Waals surface area contributed by atoms with E-state index in [2.05, 4.69) is 0 Å². The van der Waals surface area contributed by atoms with Crippen molar-refractivity contribution >= 4 is 23.9 Å². The van der Waals surface area contributed by atoms with Gasteiger partial charge in [0, 0.05) is 0 Å². The normalized spacial score (nSPS) is 21.0. The zero-order valence-corrected chi connectivity index (χ0v) is 23.3. The van der Waals surface area contributed by atoms with Gasteiger partial charge < -0.3 is 28.8 Å². The maximum absolute atomic E-state index is 13.3. The fourth-order valence-corrected chi connectivity index (χ4v) is 4.54. The van der Waals surface area contributed by atoms with Gasteiger partial charge in [-0.15, -0.1) is 0 Å². The van der Waals surface area contributed by atoms with E-state index in [1.165, 1.54) is 36.4 Å². The second kappa shape index (κ2) is 14.2. The third kappa shape index (κ3) is 7.35. The summed E-state index contributed by atoms with van der Waals surface area (Å²) in [5.41, 5.74) is 0.736. The second-order valence-corrected chi connectivity index (χ2v) is 9.74. The first kappa shape index (κ1) is 30.1. The Balaban J connectivity index is 1.48. The highest BCUT2D eigenvalue weighted by atomic mass is 16.7. The maximum Gasteiger partial charge on any atom is 0.338 e. The molecule has 1 fully saturated rings. The van der Waals surface area contributed by atoms with Crippen molar-refractivity contribution in [2.75, 3.05) is 6.61 Å². The largest absolute Gasteiger partial charge is 0.459 e. The van der Waals surface area contributed by atoms with Gasteiger partial charge in [-0.3, -0.25) is 0 Å². The summed E-state index contributed by atoms with van der Waals surface area (Å²) in [5.74, 6) is -3.21. The molecule has 1 aliphatic heterocycles. The monoisotopic (exact) mass is 596 g/mol. The molecule has 224 valence electrons. The summed E-state index contributed by atoms with van der Waals surface area (Å²) in [4.78, 5) is 52.3. The predicted octanol–water partition coefficient (Wildman–Crippen LogP) is 4.24. The van der Waals surface area contributed by atoms with Crippen LogP contribution in [0.5, 0.6) is 0 Å². The average molecular weight is 597 g/mol. The van der Waals surface area contributed by atoms with E-state index in [-0.39, 0.29) is 22.3 Å². The van der Waals surface area contributed by atoms with Crippen LogP contribution in [0.3, 0.4) is 0 Å². The average Bonchev–Trinajstić information content (AvgIpc) is 3.07. The van der Waals surface area contributed by atoms with Gasteiger partial charge in [-0.05, 0) is 48.5 Å². The van der Waals surface area contributed by atoms with Crippen molar-refractivity contribution in [2.45, 2.75) is 30.7 Å². The van der Waals surface area contributed by atoms with E-state index in [0.717, 1.165) is 0 Å². The van der Waals surface area contributed by atoms with Crippen LogP contribution in [0.15, 0.2) is 121 Å². The molecule has 5 rings (SSSR count). The summed E-state index contributed by atoms with van der Waals surface area (Å²) < 4.78 is 28.4. The number of hydrogen-bond donors (Lipinski definition) is 1. The smallest absolute Gasteiger partial charge is 0.338 e. The first-order chi connectivity index (χ1) is 21.4. The quantitative estimate of drug-likeness (QED) is 0.221. The van der Waals surface area contributed by atoms with Gasteiger partial charge in [0.1, 0.15) is 12.7 Å². The lowest BCUT2D eigenvalue weighted by Gasteiger charge is -2.42. The molecule has 1 unspecified atom stereocenters. The topological polar surface area (TPSA) is 135 Å². The third-order valence-corrected chi connectivity index (χ3v) is 6.76. The number of carbonyl (C=O) groups is 4. The van der Waals surface area contributed by atoms with Crippen molar-refractivity contribution in [3.63, 3.8) is 0 Å². The van der Waals surface area contributed by atoms with Gasteiger partial charge in [0.25, 0.3) is 0 Å². The van der Waals surface area contributed by atoms with Crippen LogP contribution >= 0.6 is 0 Å². The highest BCUT2D eigenvalue weighted by Gasteiger charge is 2.52. The number of carbonyl (C=O) groups excluding carboxylic acids is 4. The van der Waals surface area contributed by atoms with Crippen LogP contribution in [0.4, 0.5) is 0 Å². The Bertz CT molecular complexity index is 1560. The SMILES string of the molecule is O=C(OC[C@@H]1OC(O)[C@H](OC(=O)c2ccccc2)[C@H](OC(=O)c2ccccc2)[C@H]1OC(=O)c1ccccc1)c1ccccc1. The van der Waals surface area contributed by atoms with Gasteiger partial charge in [0.15, 0.2) is 24.6 Å². The first-order valence-corrected chi connectivity index (χ1v) is 13.7. The van der Waals surface area contributed by atoms with Crippen LogP contribution in [0.2, 0.25) is 0 Å². The summed E-state index contributed by atoms with van der Waals surface area (Å²) in [7, 11) is 0. The number of ether oxygens (including phenoxy) is 5. The van der Waals surface area contributed by atoms with Crippen molar-refractivity contribution in [1.29, 1.82) is 0 Å². The molecule has 1 aliphatic rings. The van der Waals surface area contributed by atoms with E-state index in [1.807, 2.05) is 0 Å². The van der Waals surface area contributed by atoms with Crippen LogP contribution in [0.1, 0.15) is 41.4 Å². The molecule has 1 heterocycles. The molecule has 0 bridgehead atoms. The molecule has 0 amide bonds. The van der Waals surface area contributed by atoms with Crippen molar-refractivity contribution < 1.29 is 48.0 Å². The van der Waals surface area contributed by atoms with E-state index < -0.39 is 61.2 Å². The molecule has 0 saturated carbocycles. The van der Waals surface area contributed by atoms with Crippen LogP contribution in [-0.2, 0) is 23.7 Å². The lowest BCUT2D eigenvalue weighted by atomic mass is 9.97. The first-order valence-electron chi connectivity index (χ1n) is 13.7. The maximum atomic E-state index is 13.3. The van der Waals surface area contributed by atoms with E-state index in [4.69, 9.17) is 23.7 Å². The van der Waals surface area contributed by atoms with Crippen LogP contribution in [0.25, 0.3) is 0 Å². The number of esters is 4. The Morgan fingerprint density at radius 2 is 0.841 bits per heavy atom. The molecule has 0 spiro atoms. The highest BCUT2D eigenvalue weighted by Crippen LogP contribution is 2.30. The summed E-state index contributed by atoms with van der Waals surface area (Å²) in [6.07, 6.45) is -7.89. The molecular weight excluding hydrogens is 568 g/mol. The number of hydrogen-bond acceptors (Lipinski definition) is 10. The second-order valence-electron chi connectivity index (χ2n) is 9.74. The summed E-state index contributed by atoms with van der Waals surface area (Å²) in [5, 5.41) is 11.1. The Morgan fingerprint density at radius 3 is 1.25 bits per heavy atom. The number of rotatable bonds is 9. The zero-order chi connectivity index (χ0) is 30.9. The fourth-order valence-electron chi connectivity index (χ4n) is 4.54. The Labute approximate surface area is 252 Å². The molecule has 5 atom stereocenters. The minimum absolute atomic E-state index is 0.154. The minimum atomic E-state index is -1.86. The minimum Gasteiger partial charge on any atom is -0.459 e. The Kier molecular flexibility index (Phi) is 9.75. The summed E-state index contributed by atoms with van der Waals surface area (Å²) >= 11 is 0. The molecule has 1 saturated heterocycles. The van der Waals surface area contributed by atoms with Gasteiger partial charge >= 0.3 is 23.9 Å².